The lowest BCUT2D eigenvalue weighted by Crippen LogP contribution is -2.48. The van der Waals surface area contributed by atoms with E-state index in [1.165, 1.54) is 16.0 Å². The van der Waals surface area contributed by atoms with Crippen LogP contribution in [0.3, 0.4) is 0 Å². The molecule has 1 N–H and O–H groups in total. The van der Waals surface area contributed by atoms with Crippen LogP contribution in [0.5, 0.6) is 5.75 Å². The molecule has 1 aliphatic heterocycles. The van der Waals surface area contributed by atoms with E-state index in [4.69, 9.17) is 4.74 Å². The smallest absolute Gasteiger partial charge is 0.237 e. The predicted molar refractivity (Wildman–Crippen MR) is 145 cm³/mol. The number of aryl methyl sites for hydroxylation is 2. The molecule has 6 heteroatoms. The highest BCUT2D eigenvalue weighted by Crippen LogP contribution is 2.34. The first kappa shape index (κ1) is 27.4. The van der Waals surface area contributed by atoms with Crippen LogP contribution in [0.2, 0.25) is 0 Å². The van der Waals surface area contributed by atoms with Gasteiger partial charge in [-0.3, -0.25) is 9.69 Å². The van der Waals surface area contributed by atoms with Gasteiger partial charge in [-0.15, -0.1) is 17.9 Å². The summed E-state index contributed by atoms with van der Waals surface area (Å²) in [4.78, 5) is 19.1. The number of rotatable bonds is 13. The summed E-state index contributed by atoms with van der Waals surface area (Å²) >= 11 is 1.77. The molecule has 1 aromatic heterocycles. The third kappa shape index (κ3) is 7.92. The maximum absolute atomic E-state index is 13.6. The zero-order chi connectivity index (χ0) is 25.4. The molecular formula is C29H42N2O3S. The lowest BCUT2D eigenvalue weighted by molar-refractivity contribution is -0.136. The van der Waals surface area contributed by atoms with Gasteiger partial charge in [0.25, 0.3) is 0 Å². The number of thiophene rings is 1. The van der Waals surface area contributed by atoms with E-state index in [1.54, 1.807) is 11.3 Å². The van der Waals surface area contributed by atoms with Gasteiger partial charge >= 0.3 is 0 Å². The maximum Gasteiger partial charge on any atom is 0.237 e. The van der Waals surface area contributed by atoms with E-state index in [1.807, 2.05) is 17.0 Å². The van der Waals surface area contributed by atoms with Gasteiger partial charge in [0.1, 0.15) is 12.4 Å². The minimum absolute atomic E-state index is 0.101. The van der Waals surface area contributed by atoms with Crippen LogP contribution in [0.15, 0.2) is 42.3 Å². The summed E-state index contributed by atoms with van der Waals surface area (Å²) in [6, 6.07) is 8.25. The summed E-state index contributed by atoms with van der Waals surface area (Å²) in [5.74, 6) is 1.52. The fourth-order valence-corrected chi connectivity index (χ4v) is 5.59. The Morgan fingerprint density at radius 1 is 1.31 bits per heavy atom. The SMILES string of the molecule is C=CCC[C@@H](O)CN(CCC(C)C)CC(=O)N1CCc2sccc2[C@@H]1COc1ccc(C)cc1C. The van der Waals surface area contributed by atoms with E-state index < -0.39 is 6.10 Å². The number of amides is 1. The second-order valence-corrected chi connectivity index (χ2v) is 11.2. The van der Waals surface area contributed by atoms with Gasteiger partial charge in [-0.25, -0.2) is 0 Å². The summed E-state index contributed by atoms with van der Waals surface area (Å²) < 4.78 is 6.28. The fourth-order valence-electron chi connectivity index (χ4n) is 4.66. The Hall–Kier alpha value is -2.15. The number of carbonyl (C=O) groups excluding carboxylic acids is 1. The third-order valence-electron chi connectivity index (χ3n) is 6.70. The molecule has 1 aliphatic rings. The number of hydrogen-bond donors (Lipinski definition) is 1. The number of aliphatic hydroxyl groups excluding tert-OH is 1. The van der Waals surface area contributed by atoms with Gasteiger partial charge in [-0.2, -0.15) is 0 Å². The molecule has 1 aromatic carbocycles. The molecule has 1 amide bonds. The molecule has 5 nitrogen and oxygen atoms in total. The van der Waals surface area contributed by atoms with Gasteiger partial charge in [0, 0.05) is 18.0 Å². The molecule has 2 atom stereocenters. The van der Waals surface area contributed by atoms with Gasteiger partial charge in [-0.1, -0.05) is 37.6 Å². The van der Waals surface area contributed by atoms with Crippen molar-refractivity contribution in [1.82, 2.24) is 9.80 Å². The first-order valence-electron chi connectivity index (χ1n) is 12.9. The Balaban J connectivity index is 1.73. The van der Waals surface area contributed by atoms with Crippen molar-refractivity contribution in [3.05, 3.63) is 63.9 Å². The van der Waals surface area contributed by atoms with E-state index in [2.05, 4.69) is 62.8 Å². The minimum Gasteiger partial charge on any atom is -0.491 e. The van der Waals surface area contributed by atoms with Crippen molar-refractivity contribution in [3.8, 4) is 5.75 Å². The van der Waals surface area contributed by atoms with Crippen LogP contribution in [0.25, 0.3) is 0 Å². The molecule has 2 aromatic rings. The highest BCUT2D eigenvalue weighted by Gasteiger charge is 2.33. The summed E-state index contributed by atoms with van der Waals surface area (Å²) in [7, 11) is 0. The average molecular weight is 499 g/mol. The van der Waals surface area contributed by atoms with Gasteiger partial charge in [0.2, 0.25) is 5.91 Å². The van der Waals surface area contributed by atoms with E-state index in [0.29, 0.717) is 38.6 Å². The molecule has 0 fully saturated rings. The highest BCUT2D eigenvalue weighted by atomic mass is 32.1. The zero-order valence-corrected chi connectivity index (χ0v) is 22.7. The second-order valence-electron chi connectivity index (χ2n) is 10.2. The van der Waals surface area contributed by atoms with E-state index in [-0.39, 0.29) is 11.9 Å². The molecule has 0 spiro atoms. The number of aliphatic hydroxyl groups is 1. The molecule has 192 valence electrons. The van der Waals surface area contributed by atoms with Crippen LogP contribution >= 0.6 is 11.3 Å². The van der Waals surface area contributed by atoms with Crippen molar-refractivity contribution in [2.75, 3.05) is 32.8 Å². The number of carbonyl (C=O) groups is 1. The summed E-state index contributed by atoms with van der Waals surface area (Å²) in [6.45, 7) is 15.0. The van der Waals surface area contributed by atoms with E-state index in [0.717, 1.165) is 37.1 Å². The standard InChI is InChI=1S/C29H42N2O3S/c1-6-7-8-24(32)18-30(14-11-21(2)3)19-29(33)31-15-12-28-25(13-16-35-28)26(31)20-34-27-10-9-22(4)17-23(27)5/h6,9-10,13,16-17,21,24,26,32H,1,7-8,11-12,14-15,18-20H2,2-5H3/t24-,26+/m1/s1. The summed E-state index contributed by atoms with van der Waals surface area (Å²) in [5, 5.41) is 12.6. The fraction of sp³-hybridized carbons (Fsp3) is 0.552. The number of allylic oxidation sites excluding steroid dienone is 1. The average Bonchev–Trinajstić information content (AvgIpc) is 3.29. The van der Waals surface area contributed by atoms with Crippen molar-refractivity contribution < 1.29 is 14.6 Å². The molecule has 0 aliphatic carbocycles. The molecule has 0 bridgehead atoms. The molecule has 0 radical (unpaired) electrons. The molecule has 35 heavy (non-hydrogen) atoms. The molecule has 0 saturated heterocycles. The zero-order valence-electron chi connectivity index (χ0n) is 21.8. The van der Waals surface area contributed by atoms with Crippen LogP contribution in [0.4, 0.5) is 0 Å². The van der Waals surface area contributed by atoms with Crippen molar-refractivity contribution in [2.45, 2.75) is 65.5 Å². The Bertz CT molecular complexity index is 971. The Labute approximate surface area is 215 Å². The second kappa shape index (κ2) is 13.2. The maximum atomic E-state index is 13.6. The van der Waals surface area contributed by atoms with Gasteiger partial charge < -0.3 is 14.7 Å². The number of nitrogens with zero attached hydrogens (tertiary/aromatic N) is 2. The quantitative estimate of drug-likeness (QED) is 0.368. The molecule has 0 saturated carbocycles. The molecule has 0 unspecified atom stereocenters. The highest BCUT2D eigenvalue weighted by molar-refractivity contribution is 7.10. The van der Waals surface area contributed by atoms with Crippen molar-refractivity contribution in [3.63, 3.8) is 0 Å². The Kier molecular flexibility index (Phi) is 10.4. The van der Waals surface area contributed by atoms with Gasteiger partial charge in [0.05, 0.1) is 18.7 Å². The molecular weight excluding hydrogens is 456 g/mol. The van der Waals surface area contributed by atoms with Crippen molar-refractivity contribution in [1.29, 1.82) is 0 Å². The van der Waals surface area contributed by atoms with E-state index in [9.17, 15) is 9.90 Å². The van der Waals surface area contributed by atoms with Crippen molar-refractivity contribution >= 4 is 17.2 Å². The largest absolute Gasteiger partial charge is 0.491 e. The monoisotopic (exact) mass is 498 g/mol. The minimum atomic E-state index is -0.457. The van der Waals surface area contributed by atoms with E-state index >= 15 is 0 Å². The Morgan fingerprint density at radius 2 is 2.11 bits per heavy atom. The molecule has 3 rings (SSSR count). The first-order chi connectivity index (χ1) is 16.8. The number of hydrogen-bond acceptors (Lipinski definition) is 5. The van der Waals surface area contributed by atoms with Crippen molar-refractivity contribution in [2.24, 2.45) is 5.92 Å². The summed E-state index contributed by atoms with van der Waals surface area (Å²) in [6.07, 6.45) is 4.70. The van der Waals surface area contributed by atoms with Crippen LogP contribution in [0.1, 0.15) is 60.7 Å². The lowest BCUT2D eigenvalue weighted by atomic mass is 10.00. The normalized spacial score (nSPS) is 16.4. The van der Waals surface area contributed by atoms with Crippen LogP contribution in [-0.4, -0.2) is 59.7 Å². The number of ether oxygens (including phenoxy) is 1. The van der Waals surface area contributed by atoms with Crippen LogP contribution in [-0.2, 0) is 11.2 Å². The van der Waals surface area contributed by atoms with Gasteiger partial charge in [0.15, 0.2) is 0 Å². The summed E-state index contributed by atoms with van der Waals surface area (Å²) in [5.41, 5.74) is 3.53. The Morgan fingerprint density at radius 3 is 2.83 bits per heavy atom. The lowest BCUT2D eigenvalue weighted by Gasteiger charge is -2.37. The third-order valence-corrected chi connectivity index (χ3v) is 7.69. The first-order valence-corrected chi connectivity index (χ1v) is 13.7. The topological polar surface area (TPSA) is 53.0 Å². The predicted octanol–water partition coefficient (Wildman–Crippen LogP) is 5.54. The van der Waals surface area contributed by atoms with Crippen LogP contribution in [0, 0.1) is 19.8 Å². The van der Waals surface area contributed by atoms with Gasteiger partial charge in [-0.05, 0) is 80.6 Å². The number of benzene rings is 1. The van der Waals surface area contributed by atoms with Crippen LogP contribution < -0.4 is 4.74 Å². The number of fused-ring (bicyclic) bond motifs is 1. The molecule has 2 heterocycles.